The highest BCUT2D eigenvalue weighted by atomic mass is 32.2. The van der Waals surface area contributed by atoms with Crippen molar-refractivity contribution in [2.24, 2.45) is 16.5 Å². The molecule has 2 aromatic rings. The van der Waals surface area contributed by atoms with Crippen LogP contribution in [-0.2, 0) is 14.8 Å². The first-order valence-corrected chi connectivity index (χ1v) is 11.7. The first kappa shape index (κ1) is 24.4. The normalized spacial score (nSPS) is 13.2. The molecule has 0 unspecified atom stereocenters. The zero-order valence-corrected chi connectivity index (χ0v) is 19.1. The molecule has 0 aliphatic rings. The van der Waals surface area contributed by atoms with Gasteiger partial charge in [0.2, 0.25) is 11.9 Å². The summed E-state index contributed by atoms with van der Waals surface area (Å²) in [5, 5.41) is 4.50. The molecule has 0 heterocycles. The lowest BCUT2D eigenvalue weighted by atomic mass is 10.1. The molecule has 0 fully saturated rings. The van der Waals surface area contributed by atoms with Gasteiger partial charge < -0.3 is 21.7 Å². The number of nitrogens with one attached hydrogen (secondary N) is 2. The Labute approximate surface area is 183 Å². The molecule has 31 heavy (non-hydrogen) atoms. The van der Waals surface area contributed by atoms with E-state index in [1.54, 1.807) is 12.1 Å². The number of rotatable bonds is 11. The minimum atomic E-state index is -3.92. The fourth-order valence-electron chi connectivity index (χ4n) is 3.27. The van der Waals surface area contributed by atoms with E-state index in [-0.39, 0.29) is 17.4 Å². The summed E-state index contributed by atoms with van der Waals surface area (Å²) < 4.78 is 28.2. The summed E-state index contributed by atoms with van der Waals surface area (Å²) in [5.41, 5.74) is 12.1. The molecular weight excluding hydrogens is 416 g/mol. The number of primary amides is 1. The second kappa shape index (κ2) is 11.0. The third-order valence-electron chi connectivity index (χ3n) is 4.79. The molecule has 0 radical (unpaired) electrons. The summed E-state index contributed by atoms with van der Waals surface area (Å²) in [5.74, 6) is -0.614. The Morgan fingerprint density at radius 2 is 1.81 bits per heavy atom. The highest BCUT2D eigenvalue weighted by molar-refractivity contribution is 7.90. The van der Waals surface area contributed by atoms with Gasteiger partial charge in [0.1, 0.15) is 0 Å². The fraction of sp³-hybridized carbons (Fsp3) is 0.429. The Morgan fingerprint density at radius 3 is 2.45 bits per heavy atom. The fourth-order valence-corrected chi connectivity index (χ4v) is 4.45. The summed E-state index contributed by atoms with van der Waals surface area (Å²) in [6, 6.07) is 10.2. The number of amides is 1. The van der Waals surface area contributed by atoms with Gasteiger partial charge in [0.05, 0.1) is 10.9 Å². The Balaban J connectivity index is 2.10. The van der Waals surface area contributed by atoms with Crippen LogP contribution in [0.5, 0.6) is 0 Å². The van der Waals surface area contributed by atoms with Gasteiger partial charge in [0, 0.05) is 37.1 Å². The maximum Gasteiger partial charge on any atom is 0.264 e. The predicted molar refractivity (Wildman–Crippen MR) is 126 cm³/mol. The van der Waals surface area contributed by atoms with E-state index in [1.807, 2.05) is 44.1 Å². The number of carbonyl (C=O) groups is 1. The molecule has 0 spiro atoms. The van der Waals surface area contributed by atoms with E-state index in [4.69, 9.17) is 11.5 Å². The maximum atomic E-state index is 12.9. The van der Waals surface area contributed by atoms with Crippen molar-refractivity contribution in [3.05, 3.63) is 36.4 Å². The van der Waals surface area contributed by atoms with E-state index in [1.165, 1.54) is 6.07 Å². The molecule has 1 amide bonds. The SMILES string of the molecule is CCCN[C@@H](CCCN=C(N)NS(=O)(=O)c1cccc2c(N(C)C)cccc12)C(N)=O. The number of hydrogen-bond donors (Lipinski definition) is 4. The van der Waals surface area contributed by atoms with Crippen molar-refractivity contribution in [3.8, 4) is 0 Å². The number of carbonyl (C=O) groups excluding carboxylic acids is 1. The molecule has 0 aliphatic carbocycles. The van der Waals surface area contributed by atoms with Crippen molar-refractivity contribution in [1.29, 1.82) is 0 Å². The average molecular weight is 449 g/mol. The first-order valence-electron chi connectivity index (χ1n) is 10.2. The van der Waals surface area contributed by atoms with E-state index >= 15 is 0 Å². The van der Waals surface area contributed by atoms with Gasteiger partial charge in [-0.2, -0.15) is 0 Å². The number of nitrogens with two attached hydrogens (primary N) is 2. The molecule has 0 aliphatic heterocycles. The Kier molecular flexibility index (Phi) is 8.64. The first-order chi connectivity index (χ1) is 14.7. The molecule has 2 rings (SSSR count). The third-order valence-corrected chi connectivity index (χ3v) is 6.20. The van der Waals surface area contributed by atoms with Crippen molar-refractivity contribution in [2.75, 3.05) is 32.1 Å². The topological polar surface area (TPSA) is 143 Å². The minimum absolute atomic E-state index is 0.129. The second-order valence-corrected chi connectivity index (χ2v) is 9.10. The van der Waals surface area contributed by atoms with Crippen LogP contribution in [0.25, 0.3) is 10.8 Å². The van der Waals surface area contributed by atoms with Gasteiger partial charge in [-0.25, -0.2) is 13.1 Å². The molecular formula is C21H32N6O3S. The van der Waals surface area contributed by atoms with Gasteiger partial charge in [0.15, 0.2) is 0 Å². The number of sulfonamides is 1. The third kappa shape index (κ3) is 6.56. The van der Waals surface area contributed by atoms with Crippen LogP contribution >= 0.6 is 0 Å². The van der Waals surface area contributed by atoms with Gasteiger partial charge in [-0.15, -0.1) is 0 Å². The highest BCUT2D eigenvalue weighted by Crippen LogP contribution is 2.29. The van der Waals surface area contributed by atoms with E-state index in [9.17, 15) is 13.2 Å². The number of benzene rings is 2. The Bertz CT molecular complexity index is 1040. The quantitative estimate of drug-likeness (QED) is 0.231. The predicted octanol–water partition coefficient (Wildman–Crippen LogP) is 1.13. The highest BCUT2D eigenvalue weighted by Gasteiger charge is 2.19. The average Bonchev–Trinajstić information content (AvgIpc) is 2.71. The summed E-state index contributed by atoms with van der Waals surface area (Å²) in [6.07, 6.45) is 1.92. The van der Waals surface area contributed by atoms with Crippen LogP contribution in [0.1, 0.15) is 26.2 Å². The van der Waals surface area contributed by atoms with Gasteiger partial charge in [-0.05, 0) is 37.9 Å². The van der Waals surface area contributed by atoms with Crippen molar-refractivity contribution >= 4 is 38.3 Å². The van der Waals surface area contributed by atoms with Crippen molar-refractivity contribution < 1.29 is 13.2 Å². The van der Waals surface area contributed by atoms with E-state index in [0.717, 1.165) is 17.5 Å². The van der Waals surface area contributed by atoms with Gasteiger partial charge in [-0.1, -0.05) is 31.2 Å². The van der Waals surface area contributed by atoms with Crippen LogP contribution in [0.3, 0.4) is 0 Å². The maximum absolute atomic E-state index is 12.9. The van der Waals surface area contributed by atoms with Crippen molar-refractivity contribution in [2.45, 2.75) is 37.1 Å². The van der Waals surface area contributed by atoms with Gasteiger partial charge in [0.25, 0.3) is 10.0 Å². The largest absolute Gasteiger partial charge is 0.377 e. The molecule has 9 nitrogen and oxygen atoms in total. The molecule has 10 heteroatoms. The lowest BCUT2D eigenvalue weighted by Gasteiger charge is -2.17. The lowest BCUT2D eigenvalue weighted by molar-refractivity contribution is -0.120. The van der Waals surface area contributed by atoms with E-state index in [2.05, 4.69) is 15.0 Å². The summed E-state index contributed by atoms with van der Waals surface area (Å²) in [7, 11) is -0.114. The summed E-state index contributed by atoms with van der Waals surface area (Å²) in [4.78, 5) is 17.6. The smallest absolute Gasteiger partial charge is 0.264 e. The summed E-state index contributed by atoms with van der Waals surface area (Å²) >= 11 is 0. The molecule has 0 bridgehead atoms. The molecule has 0 saturated carbocycles. The van der Waals surface area contributed by atoms with E-state index in [0.29, 0.717) is 24.8 Å². The monoisotopic (exact) mass is 448 g/mol. The number of hydrogen-bond acceptors (Lipinski definition) is 6. The van der Waals surface area contributed by atoms with E-state index < -0.39 is 22.0 Å². The van der Waals surface area contributed by atoms with Crippen molar-refractivity contribution in [1.82, 2.24) is 10.0 Å². The lowest BCUT2D eigenvalue weighted by Crippen LogP contribution is -2.41. The van der Waals surface area contributed by atoms with Crippen LogP contribution in [0.2, 0.25) is 0 Å². The van der Waals surface area contributed by atoms with Gasteiger partial charge >= 0.3 is 0 Å². The number of aliphatic imine (C=N–C) groups is 1. The minimum Gasteiger partial charge on any atom is -0.377 e. The van der Waals surface area contributed by atoms with Crippen LogP contribution in [-0.4, -0.2) is 53.5 Å². The van der Waals surface area contributed by atoms with Crippen LogP contribution in [0.4, 0.5) is 5.69 Å². The van der Waals surface area contributed by atoms with Gasteiger partial charge in [-0.3, -0.25) is 9.79 Å². The molecule has 6 N–H and O–H groups in total. The Hall–Kier alpha value is -2.85. The molecule has 170 valence electrons. The summed E-state index contributed by atoms with van der Waals surface area (Å²) in [6.45, 7) is 2.96. The van der Waals surface area contributed by atoms with Crippen LogP contribution < -0.4 is 26.4 Å². The number of fused-ring (bicyclic) bond motifs is 1. The standard InChI is InChI=1S/C21H32N6O3S/c1-4-13-24-17(20(22)28)10-7-14-25-21(23)26-31(29,30)19-12-6-8-15-16(19)9-5-11-18(15)27(2)3/h5-6,8-9,11-12,17,24H,4,7,10,13-14H2,1-3H3,(H2,22,28)(H3,23,25,26)/t17-/m0/s1. The molecule has 0 saturated heterocycles. The zero-order chi connectivity index (χ0) is 23.0. The molecule has 1 atom stereocenters. The Morgan fingerprint density at radius 1 is 1.13 bits per heavy atom. The van der Waals surface area contributed by atoms with Crippen LogP contribution in [0, 0.1) is 0 Å². The number of anilines is 1. The number of nitrogens with zero attached hydrogens (tertiary/aromatic N) is 2. The molecule has 0 aromatic heterocycles. The van der Waals surface area contributed by atoms with Crippen LogP contribution in [0.15, 0.2) is 46.3 Å². The number of guanidine groups is 1. The molecule has 2 aromatic carbocycles. The zero-order valence-electron chi connectivity index (χ0n) is 18.3. The second-order valence-electron chi connectivity index (χ2n) is 7.45. The van der Waals surface area contributed by atoms with Crippen molar-refractivity contribution in [3.63, 3.8) is 0 Å².